The number of hydrogen-bond acceptors (Lipinski definition) is 3. The van der Waals surface area contributed by atoms with Crippen molar-refractivity contribution in [3.05, 3.63) is 45.6 Å². The molecule has 8 heteroatoms. The van der Waals surface area contributed by atoms with E-state index >= 15 is 0 Å². The minimum atomic E-state index is -0.696. The number of rotatable bonds is 5. The van der Waals surface area contributed by atoms with Crippen LogP contribution < -0.4 is 10.6 Å². The number of amides is 2. The number of carbonyl (C=O) groups is 2. The van der Waals surface area contributed by atoms with Gasteiger partial charge in [-0.25, -0.2) is 4.68 Å². The summed E-state index contributed by atoms with van der Waals surface area (Å²) >= 11 is 12.2. The molecule has 0 saturated heterocycles. The molecule has 27 heavy (non-hydrogen) atoms. The summed E-state index contributed by atoms with van der Waals surface area (Å²) in [4.78, 5) is 24.8. The predicted molar refractivity (Wildman–Crippen MR) is 106 cm³/mol. The zero-order valence-electron chi connectivity index (χ0n) is 15.3. The van der Waals surface area contributed by atoms with E-state index in [1.165, 1.54) is 0 Å². The summed E-state index contributed by atoms with van der Waals surface area (Å²) in [6, 6.07) is 7.06. The number of nitrogens with one attached hydrogen (secondary N) is 2. The van der Waals surface area contributed by atoms with Crippen LogP contribution in [0.5, 0.6) is 0 Å². The topological polar surface area (TPSA) is 76.0 Å². The Kier molecular flexibility index (Phi) is 5.77. The van der Waals surface area contributed by atoms with Crippen molar-refractivity contribution in [2.24, 2.45) is 0 Å². The van der Waals surface area contributed by atoms with E-state index in [1.54, 1.807) is 22.9 Å². The Labute approximate surface area is 168 Å². The molecule has 1 aromatic heterocycles. The van der Waals surface area contributed by atoms with Crippen molar-refractivity contribution in [1.29, 1.82) is 0 Å². The first-order valence-corrected chi connectivity index (χ1v) is 9.69. The Morgan fingerprint density at radius 3 is 2.56 bits per heavy atom. The number of anilines is 1. The van der Waals surface area contributed by atoms with Crippen molar-refractivity contribution in [3.8, 4) is 0 Å². The number of hydrogen-bond donors (Lipinski definition) is 2. The van der Waals surface area contributed by atoms with Crippen molar-refractivity contribution >= 4 is 40.8 Å². The van der Waals surface area contributed by atoms with Gasteiger partial charge in [-0.05, 0) is 57.2 Å². The summed E-state index contributed by atoms with van der Waals surface area (Å²) in [5, 5.41) is 10.9. The smallest absolute Gasteiger partial charge is 0.314 e. The third-order valence-corrected chi connectivity index (χ3v) is 5.47. The van der Waals surface area contributed by atoms with E-state index in [4.69, 9.17) is 23.2 Å². The van der Waals surface area contributed by atoms with Gasteiger partial charge in [0.1, 0.15) is 5.82 Å². The molecule has 1 fully saturated rings. The highest BCUT2D eigenvalue weighted by molar-refractivity contribution is 6.39. The average molecular weight is 409 g/mol. The molecule has 1 aliphatic rings. The van der Waals surface area contributed by atoms with Crippen LogP contribution in [0.2, 0.25) is 10.0 Å². The molecule has 0 aliphatic heterocycles. The van der Waals surface area contributed by atoms with Gasteiger partial charge in [0, 0.05) is 28.2 Å². The summed E-state index contributed by atoms with van der Waals surface area (Å²) in [6.07, 6.45) is 3.16. The fraction of sp³-hybridized carbons (Fsp3) is 0.421. The quantitative estimate of drug-likeness (QED) is 0.739. The second-order valence-electron chi connectivity index (χ2n) is 6.94. The van der Waals surface area contributed by atoms with Gasteiger partial charge < -0.3 is 10.6 Å². The van der Waals surface area contributed by atoms with E-state index < -0.39 is 17.4 Å². The highest BCUT2D eigenvalue weighted by Crippen LogP contribution is 2.37. The van der Waals surface area contributed by atoms with Gasteiger partial charge in [0.25, 0.3) is 0 Å². The molecular formula is C19H22Cl2N4O2. The maximum absolute atomic E-state index is 12.5. The number of carbonyl (C=O) groups excluding carboxylic acids is 2. The van der Waals surface area contributed by atoms with Crippen LogP contribution in [0.25, 0.3) is 0 Å². The molecule has 2 aromatic rings. The zero-order valence-corrected chi connectivity index (χ0v) is 16.8. The number of aromatic nitrogens is 2. The normalized spacial score (nSPS) is 15.1. The fourth-order valence-corrected chi connectivity index (χ4v) is 3.81. The van der Waals surface area contributed by atoms with Gasteiger partial charge in [-0.2, -0.15) is 5.10 Å². The number of benzene rings is 1. The summed E-state index contributed by atoms with van der Waals surface area (Å²) < 4.78 is 1.65. The summed E-state index contributed by atoms with van der Waals surface area (Å²) in [7, 11) is 0. The predicted octanol–water partition coefficient (Wildman–Crippen LogP) is 3.74. The average Bonchev–Trinajstić information content (AvgIpc) is 2.94. The minimum absolute atomic E-state index is 0.452. The van der Waals surface area contributed by atoms with Crippen LogP contribution in [0.4, 0.5) is 5.82 Å². The molecule has 0 bridgehead atoms. The lowest BCUT2D eigenvalue weighted by atomic mass is 9.72. The molecule has 3 rings (SSSR count). The Balaban J connectivity index is 1.68. The SMILES string of the molecule is CCn1nc(C)cc1NC(=O)C(=O)NC1(Cc2ccc(Cl)cc2Cl)CCC1. The molecule has 144 valence electrons. The highest BCUT2D eigenvalue weighted by Gasteiger charge is 2.40. The van der Waals surface area contributed by atoms with Crippen LogP contribution in [0.15, 0.2) is 24.3 Å². The van der Waals surface area contributed by atoms with Gasteiger partial charge in [0.05, 0.1) is 5.69 Å². The van der Waals surface area contributed by atoms with E-state index in [1.807, 2.05) is 19.9 Å². The first-order valence-electron chi connectivity index (χ1n) is 8.94. The van der Waals surface area contributed by atoms with Crippen molar-refractivity contribution in [2.75, 3.05) is 5.32 Å². The lowest BCUT2D eigenvalue weighted by molar-refractivity contribution is -0.138. The first kappa shape index (κ1) is 19.7. The summed E-state index contributed by atoms with van der Waals surface area (Å²) in [6.45, 7) is 4.35. The molecule has 1 aromatic carbocycles. The Morgan fingerprint density at radius 2 is 1.96 bits per heavy atom. The number of nitrogens with zero attached hydrogens (tertiary/aromatic N) is 2. The molecule has 0 radical (unpaired) electrons. The Morgan fingerprint density at radius 1 is 1.22 bits per heavy atom. The van der Waals surface area contributed by atoms with Crippen molar-refractivity contribution in [3.63, 3.8) is 0 Å². The maximum Gasteiger partial charge on any atom is 0.314 e. The standard InChI is InChI=1S/C19H22Cl2N4O2/c1-3-25-16(9-12(2)24-25)22-17(26)18(27)23-19(7-4-8-19)11-13-5-6-14(20)10-15(13)21/h5-6,9-10H,3-4,7-8,11H2,1-2H3,(H,22,26)(H,23,27). The van der Waals surface area contributed by atoms with E-state index in [-0.39, 0.29) is 0 Å². The second-order valence-corrected chi connectivity index (χ2v) is 7.78. The van der Waals surface area contributed by atoms with Crippen LogP contribution in [0.3, 0.4) is 0 Å². The van der Waals surface area contributed by atoms with Gasteiger partial charge in [-0.15, -0.1) is 0 Å². The summed E-state index contributed by atoms with van der Waals surface area (Å²) in [5.41, 5.74) is 1.23. The molecule has 1 heterocycles. The molecule has 1 aliphatic carbocycles. The third-order valence-electron chi connectivity index (χ3n) is 4.88. The monoisotopic (exact) mass is 408 g/mol. The minimum Gasteiger partial charge on any atom is -0.342 e. The van der Waals surface area contributed by atoms with Gasteiger partial charge in [-0.1, -0.05) is 29.3 Å². The van der Waals surface area contributed by atoms with Crippen LogP contribution in [0, 0.1) is 6.92 Å². The molecule has 0 unspecified atom stereocenters. The molecule has 6 nitrogen and oxygen atoms in total. The number of halogens is 2. The van der Waals surface area contributed by atoms with E-state index in [0.717, 1.165) is 30.5 Å². The molecule has 2 N–H and O–H groups in total. The van der Waals surface area contributed by atoms with Gasteiger partial charge in [0.15, 0.2) is 0 Å². The summed E-state index contributed by atoms with van der Waals surface area (Å²) in [5.74, 6) is -0.835. The lowest BCUT2D eigenvalue weighted by Crippen LogP contribution is -2.57. The molecule has 1 saturated carbocycles. The Hall–Kier alpha value is -2.05. The van der Waals surface area contributed by atoms with Crippen LogP contribution in [0.1, 0.15) is 37.4 Å². The van der Waals surface area contributed by atoms with E-state index in [9.17, 15) is 9.59 Å². The third kappa shape index (κ3) is 4.45. The fourth-order valence-electron chi connectivity index (χ4n) is 3.34. The van der Waals surface area contributed by atoms with Crippen molar-refractivity contribution in [1.82, 2.24) is 15.1 Å². The molecule has 0 spiro atoms. The van der Waals surface area contributed by atoms with E-state index in [0.29, 0.717) is 28.8 Å². The van der Waals surface area contributed by atoms with Crippen LogP contribution in [-0.2, 0) is 22.6 Å². The highest BCUT2D eigenvalue weighted by atomic mass is 35.5. The van der Waals surface area contributed by atoms with Crippen molar-refractivity contribution in [2.45, 2.75) is 51.6 Å². The van der Waals surface area contributed by atoms with Crippen LogP contribution in [-0.4, -0.2) is 27.1 Å². The number of aryl methyl sites for hydroxylation is 2. The van der Waals surface area contributed by atoms with Gasteiger partial charge in [-0.3, -0.25) is 9.59 Å². The maximum atomic E-state index is 12.5. The first-order chi connectivity index (χ1) is 12.8. The largest absolute Gasteiger partial charge is 0.342 e. The van der Waals surface area contributed by atoms with Gasteiger partial charge in [0.2, 0.25) is 0 Å². The van der Waals surface area contributed by atoms with Crippen LogP contribution >= 0.6 is 23.2 Å². The lowest BCUT2D eigenvalue weighted by Gasteiger charge is -2.42. The van der Waals surface area contributed by atoms with Crippen molar-refractivity contribution < 1.29 is 9.59 Å². The second kappa shape index (κ2) is 7.90. The molecular weight excluding hydrogens is 387 g/mol. The van der Waals surface area contributed by atoms with Gasteiger partial charge >= 0.3 is 11.8 Å². The molecule has 0 atom stereocenters. The zero-order chi connectivity index (χ0) is 19.6. The molecule has 2 amide bonds. The van der Waals surface area contributed by atoms with E-state index in [2.05, 4.69) is 15.7 Å². The Bertz CT molecular complexity index is 875.